The van der Waals surface area contributed by atoms with Gasteiger partial charge in [0.15, 0.2) is 5.79 Å². The molecule has 0 heterocycles. The maximum Gasteiger partial charge on any atom is 0.190 e. The van der Waals surface area contributed by atoms with E-state index in [0.29, 0.717) is 0 Å². The average Bonchev–Trinajstić information content (AvgIpc) is 2.07. The molecule has 0 aromatic carbocycles. The van der Waals surface area contributed by atoms with Crippen molar-refractivity contribution in [1.29, 1.82) is 0 Å². The summed E-state index contributed by atoms with van der Waals surface area (Å²) in [6, 6.07) is 0. The largest absolute Gasteiger partial charge is 0.349 e. The number of allylic oxidation sites excluding steroid dienone is 2. The highest BCUT2D eigenvalue weighted by Crippen LogP contribution is 2.24. The van der Waals surface area contributed by atoms with Crippen molar-refractivity contribution in [1.82, 2.24) is 0 Å². The summed E-state index contributed by atoms with van der Waals surface area (Å²) in [6.45, 7) is 2.06. The van der Waals surface area contributed by atoms with Crippen LogP contribution < -0.4 is 0 Å². The second kappa shape index (κ2) is 3.20. The van der Waals surface area contributed by atoms with Gasteiger partial charge in [0, 0.05) is 20.6 Å². The minimum atomic E-state index is -0.514. The molecule has 0 fully saturated rings. The lowest BCUT2D eigenvalue weighted by molar-refractivity contribution is -0.167. The molecule has 0 bridgehead atoms. The van der Waals surface area contributed by atoms with E-state index < -0.39 is 5.79 Å². The summed E-state index contributed by atoms with van der Waals surface area (Å²) in [7, 11) is 3.31. The van der Waals surface area contributed by atoms with Crippen molar-refractivity contribution in [3.8, 4) is 0 Å². The van der Waals surface area contributed by atoms with Crippen LogP contribution in [0.5, 0.6) is 0 Å². The first-order valence-corrected chi connectivity index (χ1v) is 3.69. The number of ether oxygens (including phenoxy) is 2. The highest BCUT2D eigenvalue weighted by molar-refractivity contribution is 5.24. The molecule has 0 saturated heterocycles. The highest BCUT2D eigenvalue weighted by atomic mass is 16.7. The molecule has 0 spiro atoms. The third-order valence-corrected chi connectivity index (χ3v) is 2.00. The van der Waals surface area contributed by atoms with Crippen molar-refractivity contribution < 1.29 is 9.47 Å². The van der Waals surface area contributed by atoms with Gasteiger partial charge in [0.25, 0.3) is 0 Å². The van der Waals surface area contributed by atoms with Gasteiger partial charge < -0.3 is 9.47 Å². The van der Waals surface area contributed by atoms with E-state index in [1.165, 1.54) is 5.57 Å². The molecule has 2 nitrogen and oxygen atoms in total. The van der Waals surface area contributed by atoms with Gasteiger partial charge in [0.05, 0.1) is 0 Å². The Labute approximate surface area is 67.5 Å². The van der Waals surface area contributed by atoms with Gasteiger partial charge in [0.2, 0.25) is 0 Å². The Kier molecular flexibility index (Phi) is 2.47. The second-order valence-electron chi connectivity index (χ2n) is 2.71. The number of rotatable bonds is 2. The summed E-state index contributed by atoms with van der Waals surface area (Å²) in [5.41, 5.74) is 1.26. The summed E-state index contributed by atoms with van der Waals surface area (Å²) in [6.07, 6.45) is 6.86. The Bertz CT molecular complexity index is 188. The fourth-order valence-electron chi connectivity index (χ4n) is 1.08. The van der Waals surface area contributed by atoms with Crippen LogP contribution in [-0.2, 0) is 9.47 Å². The van der Waals surface area contributed by atoms with Crippen LogP contribution >= 0.6 is 0 Å². The first-order chi connectivity index (χ1) is 5.22. The quantitative estimate of drug-likeness (QED) is 0.565. The fraction of sp³-hybridized carbons (Fsp3) is 0.556. The smallest absolute Gasteiger partial charge is 0.190 e. The second-order valence-corrected chi connectivity index (χ2v) is 2.71. The van der Waals surface area contributed by atoms with Crippen LogP contribution in [0, 0.1) is 0 Å². The van der Waals surface area contributed by atoms with E-state index in [2.05, 4.69) is 13.0 Å². The minimum absolute atomic E-state index is 0.514. The zero-order valence-electron chi connectivity index (χ0n) is 7.26. The summed E-state index contributed by atoms with van der Waals surface area (Å²) in [4.78, 5) is 0. The summed E-state index contributed by atoms with van der Waals surface area (Å²) in [5.74, 6) is -0.514. The van der Waals surface area contributed by atoms with E-state index in [4.69, 9.17) is 9.47 Å². The summed E-state index contributed by atoms with van der Waals surface area (Å²) in [5, 5.41) is 0. The van der Waals surface area contributed by atoms with Gasteiger partial charge in [-0.25, -0.2) is 0 Å². The molecule has 0 radical (unpaired) electrons. The molecule has 1 aliphatic carbocycles. The lowest BCUT2D eigenvalue weighted by atomic mass is 10.0. The SMILES string of the molecule is COC1(OC)C=CC(C)=CC1. The Hall–Kier alpha value is -0.600. The van der Waals surface area contributed by atoms with E-state index in [-0.39, 0.29) is 0 Å². The van der Waals surface area contributed by atoms with E-state index in [9.17, 15) is 0 Å². The molecule has 1 rings (SSSR count). The molecular formula is C9H14O2. The van der Waals surface area contributed by atoms with Gasteiger partial charge in [0.1, 0.15) is 0 Å². The minimum Gasteiger partial charge on any atom is -0.349 e. The summed E-state index contributed by atoms with van der Waals surface area (Å²) < 4.78 is 10.4. The molecule has 0 atom stereocenters. The predicted octanol–water partition coefficient (Wildman–Crippen LogP) is 1.88. The van der Waals surface area contributed by atoms with Gasteiger partial charge >= 0.3 is 0 Å². The lowest BCUT2D eigenvalue weighted by Gasteiger charge is -2.28. The third-order valence-electron chi connectivity index (χ3n) is 2.00. The van der Waals surface area contributed by atoms with Gasteiger partial charge in [-0.1, -0.05) is 17.7 Å². The average molecular weight is 154 g/mol. The molecule has 0 aromatic heterocycles. The van der Waals surface area contributed by atoms with Gasteiger partial charge in [-0.2, -0.15) is 0 Å². The standard InChI is InChI=1S/C9H14O2/c1-8-4-6-9(10-2,11-3)7-5-8/h4-6H,7H2,1-3H3. The van der Waals surface area contributed by atoms with Crippen molar-refractivity contribution in [2.75, 3.05) is 14.2 Å². The zero-order chi connectivity index (χ0) is 8.32. The van der Waals surface area contributed by atoms with Crippen LogP contribution in [0.2, 0.25) is 0 Å². The first kappa shape index (κ1) is 8.50. The summed E-state index contributed by atoms with van der Waals surface area (Å²) >= 11 is 0. The van der Waals surface area contributed by atoms with Crippen molar-refractivity contribution in [3.05, 3.63) is 23.8 Å². The predicted molar refractivity (Wildman–Crippen MR) is 44.3 cm³/mol. The van der Waals surface area contributed by atoms with Gasteiger partial charge in [-0.05, 0) is 13.0 Å². The normalized spacial score (nSPS) is 21.5. The molecular weight excluding hydrogens is 140 g/mol. The van der Waals surface area contributed by atoms with E-state index in [1.54, 1.807) is 14.2 Å². The Morgan fingerprint density at radius 1 is 1.36 bits per heavy atom. The van der Waals surface area contributed by atoms with Crippen LogP contribution in [0.15, 0.2) is 23.8 Å². The highest BCUT2D eigenvalue weighted by Gasteiger charge is 2.26. The topological polar surface area (TPSA) is 18.5 Å². The monoisotopic (exact) mass is 154 g/mol. The third kappa shape index (κ3) is 1.70. The van der Waals surface area contributed by atoms with E-state index >= 15 is 0 Å². The lowest BCUT2D eigenvalue weighted by Crippen LogP contribution is -2.31. The zero-order valence-corrected chi connectivity index (χ0v) is 7.26. The van der Waals surface area contributed by atoms with Gasteiger partial charge in [-0.15, -0.1) is 0 Å². The van der Waals surface area contributed by atoms with Crippen LogP contribution in [0.4, 0.5) is 0 Å². The van der Waals surface area contributed by atoms with Crippen LogP contribution in [0.25, 0.3) is 0 Å². The number of hydrogen-bond acceptors (Lipinski definition) is 2. The molecule has 0 N–H and O–H groups in total. The number of methoxy groups -OCH3 is 2. The van der Waals surface area contributed by atoms with Crippen molar-refractivity contribution in [2.24, 2.45) is 0 Å². The Morgan fingerprint density at radius 3 is 2.36 bits per heavy atom. The Morgan fingerprint density at radius 2 is 2.00 bits per heavy atom. The van der Waals surface area contributed by atoms with Crippen molar-refractivity contribution in [3.63, 3.8) is 0 Å². The molecule has 1 aliphatic rings. The molecule has 0 aromatic rings. The molecule has 11 heavy (non-hydrogen) atoms. The van der Waals surface area contributed by atoms with Gasteiger partial charge in [-0.3, -0.25) is 0 Å². The van der Waals surface area contributed by atoms with Crippen molar-refractivity contribution in [2.45, 2.75) is 19.1 Å². The molecule has 0 unspecified atom stereocenters. The molecule has 2 heteroatoms. The van der Waals surface area contributed by atoms with Crippen LogP contribution in [0.1, 0.15) is 13.3 Å². The fourth-order valence-corrected chi connectivity index (χ4v) is 1.08. The van der Waals surface area contributed by atoms with Crippen LogP contribution in [-0.4, -0.2) is 20.0 Å². The molecule has 0 amide bonds. The molecule has 62 valence electrons. The molecule has 0 saturated carbocycles. The molecule has 0 aliphatic heterocycles. The van der Waals surface area contributed by atoms with E-state index in [0.717, 1.165) is 6.42 Å². The number of hydrogen-bond donors (Lipinski definition) is 0. The maximum atomic E-state index is 5.22. The van der Waals surface area contributed by atoms with E-state index in [1.807, 2.05) is 12.2 Å². The first-order valence-electron chi connectivity index (χ1n) is 3.69. The van der Waals surface area contributed by atoms with Crippen molar-refractivity contribution >= 4 is 0 Å². The maximum absolute atomic E-state index is 5.22. The Balaban J connectivity index is 2.71. The van der Waals surface area contributed by atoms with Crippen LogP contribution in [0.3, 0.4) is 0 Å².